The minimum atomic E-state index is -0.173. The molecule has 0 fully saturated rings. The van der Waals surface area contributed by atoms with Crippen LogP contribution >= 0.6 is 12.2 Å². The molecule has 0 atom stereocenters. The van der Waals surface area contributed by atoms with Gasteiger partial charge in [0.1, 0.15) is 0 Å². The van der Waals surface area contributed by atoms with Crippen LogP contribution in [0.15, 0.2) is 53.9 Å². The molecule has 1 N–H and O–H groups in total. The standard InChI is InChI=1S/C18H17N7OS/c1-23(2)11-24-14-6-4-3-5-13(14)15(17(24)26)22-25-16(20-21-18(25)27)12-7-9-19-10-8-12/h3-10H,11H2,1-2H3,(H,21,27)/b22-15+. The largest absolute Gasteiger partial charge is 0.293 e. The lowest BCUT2D eigenvalue weighted by Gasteiger charge is -2.21. The smallest absolute Gasteiger partial charge is 0.280 e. The van der Waals surface area contributed by atoms with Gasteiger partial charge < -0.3 is 0 Å². The number of para-hydroxylation sites is 1. The first-order chi connectivity index (χ1) is 13.1. The van der Waals surface area contributed by atoms with E-state index in [1.165, 1.54) is 4.68 Å². The predicted molar refractivity (Wildman–Crippen MR) is 105 cm³/mol. The highest BCUT2D eigenvalue weighted by molar-refractivity contribution is 7.71. The van der Waals surface area contributed by atoms with E-state index in [1.807, 2.05) is 55.4 Å². The number of hydrogen-bond donors (Lipinski definition) is 1. The van der Waals surface area contributed by atoms with E-state index in [-0.39, 0.29) is 5.91 Å². The number of hydrogen-bond acceptors (Lipinski definition) is 6. The van der Waals surface area contributed by atoms with Crippen LogP contribution in [0.1, 0.15) is 5.56 Å². The summed E-state index contributed by atoms with van der Waals surface area (Å²) in [5, 5.41) is 11.6. The lowest BCUT2D eigenvalue weighted by atomic mass is 10.1. The van der Waals surface area contributed by atoms with Crippen LogP contribution in [0.4, 0.5) is 5.69 Å². The number of aromatic amines is 1. The third-order valence-electron chi connectivity index (χ3n) is 4.11. The number of carbonyl (C=O) groups excluding carboxylic acids is 1. The lowest BCUT2D eigenvalue weighted by molar-refractivity contribution is -0.112. The normalized spacial score (nSPS) is 15.0. The van der Waals surface area contributed by atoms with Crippen LogP contribution in [0.5, 0.6) is 0 Å². The van der Waals surface area contributed by atoms with Crippen molar-refractivity contribution in [2.24, 2.45) is 5.10 Å². The predicted octanol–water partition coefficient (Wildman–Crippen LogP) is 2.12. The van der Waals surface area contributed by atoms with Crippen LogP contribution in [0.25, 0.3) is 11.4 Å². The van der Waals surface area contributed by atoms with Crippen molar-refractivity contribution < 1.29 is 4.79 Å². The van der Waals surface area contributed by atoms with Gasteiger partial charge in [-0.15, -0.1) is 0 Å². The average Bonchev–Trinajstić information content (AvgIpc) is 3.16. The van der Waals surface area contributed by atoms with E-state index in [2.05, 4.69) is 20.3 Å². The topological polar surface area (TPSA) is 82.4 Å². The summed E-state index contributed by atoms with van der Waals surface area (Å²) in [6.45, 7) is 0.461. The number of amides is 1. The van der Waals surface area contributed by atoms with Crippen molar-refractivity contribution in [2.45, 2.75) is 0 Å². The molecule has 0 radical (unpaired) electrons. The van der Waals surface area contributed by atoms with E-state index >= 15 is 0 Å². The summed E-state index contributed by atoms with van der Waals surface area (Å²) in [5.41, 5.74) is 2.73. The maximum Gasteiger partial charge on any atom is 0.280 e. The van der Waals surface area contributed by atoms with Crippen molar-refractivity contribution >= 4 is 29.5 Å². The second kappa shape index (κ2) is 6.86. The maximum atomic E-state index is 13.1. The molecule has 27 heavy (non-hydrogen) atoms. The maximum absolute atomic E-state index is 13.1. The molecule has 0 saturated carbocycles. The van der Waals surface area contributed by atoms with Gasteiger partial charge in [0, 0.05) is 23.5 Å². The Morgan fingerprint density at radius 3 is 2.67 bits per heavy atom. The highest BCUT2D eigenvalue weighted by Gasteiger charge is 2.34. The van der Waals surface area contributed by atoms with Crippen LogP contribution in [0, 0.1) is 4.77 Å². The molecule has 1 amide bonds. The number of fused-ring (bicyclic) bond motifs is 1. The number of carbonyl (C=O) groups is 1. The van der Waals surface area contributed by atoms with Gasteiger partial charge in [-0.1, -0.05) is 18.2 Å². The van der Waals surface area contributed by atoms with Crippen molar-refractivity contribution in [2.75, 3.05) is 25.7 Å². The Morgan fingerprint density at radius 2 is 1.93 bits per heavy atom. The molecule has 0 aliphatic carbocycles. The quantitative estimate of drug-likeness (QED) is 0.702. The molecule has 3 aromatic rings. The minimum absolute atomic E-state index is 0.173. The fourth-order valence-corrected chi connectivity index (χ4v) is 3.13. The van der Waals surface area contributed by atoms with Crippen LogP contribution < -0.4 is 4.90 Å². The Kier molecular flexibility index (Phi) is 4.38. The lowest BCUT2D eigenvalue weighted by Crippen LogP contribution is -2.37. The van der Waals surface area contributed by atoms with Crippen molar-refractivity contribution in [3.8, 4) is 11.4 Å². The Hall–Kier alpha value is -3.17. The summed E-state index contributed by atoms with van der Waals surface area (Å²) >= 11 is 5.33. The zero-order chi connectivity index (χ0) is 19.0. The molecule has 8 nitrogen and oxygen atoms in total. The van der Waals surface area contributed by atoms with Gasteiger partial charge >= 0.3 is 0 Å². The molecule has 4 rings (SSSR count). The van der Waals surface area contributed by atoms with E-state index in [4.69, 9.17) is 12.2 Å². The highest BCUT2D eigenvalue weighted by atomic mass is 32.1. The van der Waals surface area contributed by atoms with E-state index in [0.717, 1.165) is 16.8 Å². The minimum Gasteiger partial charge on any atom is -0.293 e. The molecule has 2 aromatic heterocycles. The van der Waals surface area contributed by atoms with E-state index in [0.29, 0.717) is 23.0 Å². The van der Waals surface area contributed by atoms with Crippen LogP contribution in [-0.2, 0) is 4.79 Å². The van der Waals surface area contributed by atoms with E-state index in [1.54, 1.807) is 17.3 Å². The summed E-state index contributed by atoms with van der Waals surface area (Å²) in [6.07, 6.45) is 3.33. The fourth-order valence-electron chi connectivity index (χ4n) is 2.95. The van der Waals surface area contributed by atoms with Crippen LogP contribution in [0.3, 0.4) is 0 Å². The van der Waals surface area contributed by atoms with Crippen molar-refractivity contribution in [3.05, 3.63) is 59.1 Å². The van der Waals surface area contributed by atoms with Gasteiger partial charge in [-0.2, -0.15) is 14.9 Å². The van der Waals surface area contributed by atoms with Gasteiger partial charge in [0.05, 0.1) is 12.4 Å². The SMILES string of the molecule is CN(C)CN1C(=O)/C(=N/n2c(-c3ccncc3)n[nH]c2=S)c2ccccc21. The number of pyridine rings is 1. The zero-order valence-electron chi connectivity index (χ0n) is 14.8. The second-order valence-corrected chi connectivity index (χ2v) is 6.71. The Labute approximate surface area is 160 Å². The molecular formula is C18H17N7OS. The average molecular weight is 379 g/mol. The van der Waals surface area contributed by atoms with Crippen LogP contribution in [0.2, 0.25) is 0 Å². The molecule has 136 valence electrons. The first-order valence-electron chi connectivity index (χ1n) is 8.29. The molecule has 0 unspecified atom stereocenters. The van der Waals surface area contributed by atoms with Crippen molar-refractivity contribution in [1.82, 2.24) is 24.8 Å². The van der Waals surface area contributed by atoms with Crippen LogP contribution in [-0.4, -0.2) is 57.1 Å². The Balaban J connectivity index is 1.85. The molecule has 0 saturated heterocycles. The van der Waals surface area contributed by atoms with Crippen molar-refractivity contribution in [1.29, 1.82) is 0 Å². The van der Waals surface area contributed by atoms with Gasteiger partial charge in [-0.3, -0.25) is 19.6 Å². The molecule has 0 spiro atoms. The summed E-state index contributed by atoms with van der Waals surface area (Å²) < 4.78 is 1.79. The number of benzene rings is 1. The molecule has 3 heterocycles. The number of nitrogens with one attached hydrogen (secondary N) is 1. The number of nitrogens with zero attached hydrogens (tertiary/aromatic N) is 6. The first kappa shape index (κ1) is 17.3. The Bertz CT molecular complexity index is 1080. The zero-order valence-corrected chi connectivity index (χ0v) is 15.6. The molecular weight excluding hydrogens is 362 g/mol. The summed E-state index contributed by atoms with van der Waals surface area (Å²) in [7, 11) is 3.83. The van der Waals surface area contributed by atoms with Gasteiger partial charge in [0.25, 0.3) is 5.91 Å². The van der Waals surface area contributed by atoms with Gasteiger partial charge in [0.2, 0.25) is 4.77 Å². The first-order valence-corrected chi connectivity index (χ1v) is 8.70. The summed E-state index contributed by atoms with van der Waals surface area (Å²) in [6, 6.07) is 11.2. The number of H-pyrrole nitrogens is 1. The van der Waals surface area contributed by atoms with Gasteiger partial charge in [-0.05, 0) is 44.5 Å². The van der Waals surface area contributed by atoms with E-state index in [9.17, 15) is 4.79 Å². The molecule has 1 aromatic carbocycles. The van der Waals surface area contributed by atoms with Gasteiger partial charge in [0.15, 0.2) is 11.5 Å². The summed E-state index contributed by atoms with van der Waals surface area (Å²) in [5.74, 6) is 0.347. The summed E-state index contributed by atoms with van der Waals surface area (Å²) in [4.78, 5) is 20.7. The second-order valence-electron chi connectivity index (χ2n) is 6.32. The highest BCUT2D eigenvalue weighted by Crippen LogP contribution is 2.29. The molecule has 1 aliphatic rings. The third-order valence-corrected chi connectivity index (χ3v) is 4.38. The number of aromatic nitrogens is 4. The monoisotopic (exact) mass is 379 g/mol. The van der Waals surface area contributed by atoms with E-state index < -0.39 is 0 Å². The van der Waals surface area contributed by atoms with Crippen molar-refractivity contribution in [3.63, 3.8) is 0 Å². The van der Waals surface area contributed by atoms with Gasteiger partial charge in [-0.25, -0.2) is 5.10 Å². The molecule has 0 bridgehead atoms. The molecule has 1 aliphatic heterocycles. The number of rotatable bonds is 4. The number of anilines is 1. The third kappa shape index (κ3) is 3.07. The fraction of sp³-hybridized carbons (Fsp3) is 0.167. The Morgan fingerprint density at radius 1 is 1.19 bits per heavy atom. The molecule has 9 heteroatoms.